The number of aromatic nitrogens is 4. The average molecular weight is 509 g/mol. The molecule has 7 rings (SSSR count). The quantitative estimate of drug-likeness (QED) is 0.237. The fraction of sp³-hybridized carbons (Fsp3) is 0.118. The van der Waals surface area contributed by atoms with Crippen LogP contribution in [0.15, 0.2) is 116 Å². The molecule has 0 aliphatic heterocycles. The fourth-order valence-electron chi connectivity index (χ4n) is 5.43. The van der Waals surface area contributed by atoms with E-state index in [1.807, 2.05) is 18.6 Å². The molecule has 0 spiro atoms. The molecule has 0 saturated carbocycles. The Hall–Kier alpha value is -4.90. The third-order valence-corrected chi connectivity index (χ3v) is 7.44. The lowest BCUT2D eigenvalue weighted by Gasteiger charge is -2.20. The number of H-pyrrole nitrogens is 1. The van der Waals surface area contributed by atoms with E-state index in [0.717, 1.165) is 44.9 Å². The van der Waals surface area contributed by atoms with E-state index in [2.05, 4.69) is 137 Å². The number of pyridine rings is 1. The Bertz CT molecular complexity index is 1990. The summed E-state index contributed by atoms with van der Waals surface area (Å²) in [6.07, 6.45) is 3.93. The van der Waals surface area contributed by atoms with Crippen LogP contribution in [0.2, 0.25) is 0 Å². The number of anilines is 2. The number of aromatic amines is 1. The van der Waals surface area contributed by atoms with Gasteiger partial charge in [-0.25, -0.2) is 9.97 Å². The van der Waals surface area contributed by atoms with Crippen LogP contribution in [0.5, 0.6) is 0 Å². The lowest BCUT2D eigenvalue weighted by molar-refractivity contribution is -0.566. The van der Waals surface area contributed by atoms with Crippen molar-refractivity contribution in [2.45, 2.75) is 26.2 Å². The summed E-state index contributed by atoms with van der Waals surface area (Å²) < 4.78 is 4.46. The monoisotopic (exact) mass is 508 g/mol. The van der Waals surface area contributed by atoms with Gasteiger partial charge in [0.25, 0.3) is 0 Å². The fourth-order valence-corrected chi connectivity index (χ4v) is 5.43. The molecular weight excluding hydrogens is 478 g/mol. The number of imidazole rings is 1. The number of para-hydroxylation sites is 3. The minimum absolute atomic E-state index is 0.0387. The second-order valence-electron chi connectivity index (χ2n) is 11.1. The summed E-state index contributed by atoms with van der Waals surface area (Å²) in [6.45, 7) is 6.72. The van der Waals surface area contributed by atoms with Gasteiger partial charge in [-0.15, -0.1) is 0 Å². The Balaban J connectivity index is 1.33. The number of hydrogen-bond donors (Lipinski definition) is 2. The molecule has 3 heterocycles. The molecule has 0 fully saturated rings. The zero-order valence-electron chi connectivity index (χ0n) is 22.3. The zero-order valence-corrected chi connectivity index (χ0v) is 22.3. The van der Waals surface area contributed by atoms with Crippen molar-refractivity contribution < 1.29 is 4.57 Å². The van der Waals surface area contributed by atoms with Crippen LogP contribution in [-0.2, 0) is 5.41 Å². The standard InChI is InChI=1S/C34H29N5/c1-34(2,3)23-17-18-35-33(19-23)39-30-13-6-4-11-27(30)28-16-15-25(21-32(28)39)37-24-9-8-10-26(20-24)38-22-36-29-12-5-7-14-31(29)38/h4-22,37H,1-3H3/p+1. The van der Waals surface area contributed by atoms with Crippen LogP contribution >= 0.6 is 0 Å². The first-order valence-electron chi connectivity index (χ1n) is 13.3. The van der Waals surface area contributed by atoms with Gasteiger partial charge in [0.05, 0.1) is 11.0 Å². The Morgan fingerprint density at radius 1 is 0.744 bits per heavy atom. The van der Waals surface area contributed by atoms with E-state index in [9.17, 15) is 0 Å². The second-order valence-corrected chi connectivity index (χ2v) is 11.1. The second kappa shape index (κ2) is 8.84. The Morgan fingerprint density at radius 2 is 1.54 bits per heavy atom. The van der Waals surface area contributed by atoms with Gasteiger partial charge in [-0.2, -0.15) is 4.57 Å². The molecule has 0 saturated heterocycles. The lowest BCUT2D eigenvalue weighted by atomic mass is 9.88. The highest BCUT2D eigenvalue weighted by Crippen LogP contribution is 2.34. The molecule has 0 aliphatic carbocycles. The van der Waals surface area contributed by atoms with Crippen molar-refractivity contribution in [3.05, 3.63) is 121 Å². The molecule has 0 radical (unpaired) electrons. The molecule has 7 aromatic rings. The molecule has 2 N–H and O–H groups in total. The van der Waals surface area contributed by atoms with Crippen LogP contribution in [0.25, 0.3) is 44.3 Å². The maximum absolute atomic E-state index is 4.81. The van der Waals surface area contributed by atoms with Gasteiger partial charge < -0.3 is 5.32 Å². The molecule has 0 amide bonds. The first-order chi connectivity index (χ1) is 19.0. The van der Waals surface area contributed by atoms with E-state index in [-0.39, 0.29) is 5.41 Å². The third kappa shape index (κ3) is 4.03. The molecule has 0 bridgehead atoms. The molecule has 5 nitrogen and oxygen atoms in total. The highest BCUT2D eigenvalue weighted by molar-refractivity contribution is 6.10. The van der Waals surface area contributed by atoms with Crippen molar-refractivity contribution in [1.82, 2.24) is 14.5 Å². The molecule has 0 aliphatic rings. The van der Waals surface area contributed by atoms with Crippen molar-refractivity contribution in [2.75, 3.05) is 5.32 Å². The van der Waals surface area contributed by atoms with Crippen LogP contribution in [-0.4, -0.2) is 14.5 Å². The van der Waals surface area contributed by atoms with Crippen LogP contribution in [0.3, 0.4) is 0 Å². The highest BCUT2D eigenvalue weighted by atomic mass is 15.1. The number of rotatable bonds is 4. The van der Waals surface area contributed by atoms with Gasteiger partial charge in [0.2, 0.25) is 6.33 Å². The predicted molar refractivity (Wildman–Crippen MR) is 160 cm³/mol. The molecule has 0 atom stereocenters. The summed E-state index contributed by atoms with van der Waals surface area (Å²) in [5.74, 6) is 0.934. The van der Waals surface area contributed by atoms with E-state index in [1.54, 1.807) is 0 Å². The SMILES string of the molecule is CC(C)(C)c1ccnc(-n2c3ccccc3c3ccc(Nc4cccc(-[n+]5c[nH]c6ccccc65)c4)cc32)c1. The van der Waals surface area contributed by atoms with Crippen molar-refractivity contribution in [3.8, 4) is 11.5 Å². The predicted octanol–water partition coefficient (Wildman–Crippen LogP) is 7.98. The summed E-state index contributed by atoms with van der Waals surface area (Å²) in [5, 5.41) is 6.08. The van der Waals surface area contributed by atoms with Crippen LogP contribution in [0.4, 0.5) is 11.4 Å². The van der Waals surface area contributed by atoms with E-state index < -0.39 is 0 Å². The summed E-state index contributed by atoms with van der Waals surface area (Å²) in [4.78, 5) is 8.17. The maximum atomic E-state index is 4.81. The van der Waals surface area contributed by atoms with Gasteiger partial charge in [-0.05, 0) is 65.6 Å². The molecular formula is C34H30N5+. The first kappa shape index (κ1) is 23.2. The average Bonchev–Trinajstić information content (AvgIpc) is 3.52. The zero-order chi connectivity index (χ0) is 26.6. The van der Waals surface area contributed by atoms with E-state index in [0.29, 0.717) is 0 Å². The van der Waals surface area contributed by atoms with E-state index in [1.165, 1.54) is 16.3 Å². The maximum Gasteiger partial charge on any atom is 0.247 e. The Labute approximate surface area is 227 Å². The van der Waals surface area contributed by atoms with E-state index >= 15 is 0 Å². The van der Waals surface area contributed by atoms with Crippen molar-refractivity contribution in [1.29, 1.82) is 0 Å². The van der Waals surface area contributed by atoms with Gasteiger partial charge in [0.15, 0.2) is 11.0 Å². The lowest BCUT2D eigenvalue weighted by Crippen LogP contribution is -2.28. The van der Waals surface area contributed by atoms with Gasteiger partial charge >= 0.3 is 0 Å². The summed E-state index contributed by atoms with van der Waals surface area (Å²) in [6, 6.07) is 36.3. The van der Waals surface area contributed by atoms with Gasteiger partial charge in [0, 0.05) is 34.4 Å². The topological polar surface area (TPSA) is 49.5 Å². The van der Waals surface area contributed by atoms with Crippen molar-refractivity contribution in [3.63, 3.8) is 0 Å². The normalized spacial score (nSPS) is 12.0. The highest BCUT2D eigenvalue weighted by Gasteiger charge is 2.18. The molecule has 5 heteroatoms. The van der Waals surface area contributed by atoms with Crippen LogP contribution < -0.4 is 9.88 Å². The number of hydrogen-bond acceptors (Lipinski definition) is 2. The number of nitrogens with zero attached hydrogens (tertiary/aromatic N) is 3. The van der Waals surface area contributed by atoms with Crippen LogP contribution in [0, 0.1) is 0 Å². The minimum atomic E-state index is 0.0387. The number of nitrogens with one attached hydrogen (secondary N) is 2. The molecule has 3 aromatic heterocycles. The van der Waals surface area contributed by atoms with Crippen molar-refractivity contribution in [2.24, 2.45) is 0 Å². The van der Waals surface area contributed by atoms with E-state index in [4.69, 9.17) is 4.98 Å². The van der Waals surface area contributed by atoms with Gasteiger partial charge in [0.1, 0.15) is 11.5 Å². The molecule has 0 unspecified atom stereocenters. The van der Waals surface area contributed by atoms with Gasteiger partial charge in [-0.3, -0.25) is 4.57 Å². The van der Waals surface area contributed by atoms with Crippen LogP contribution in [0.1, 0.15) is 26.3 Å². The minimum Gasteiger partial charge on any atom is -0.355 e. The Morgan fingerprint density at radius 3 is 2.44 bits per heavy atom. The van der Waals surface area contributed by atoms with Gasteiger partial charge in [-0.1, -0.05) is 63.2 Å². The smallest absolute Gasteiger partial charge is 0.247 e. The number of benzene rings is 4. The number of fused-ring (bicyclic) bond motifs is 4. The first-order valence-corrected chi connectivity index (χ1v) is 13.3. The third-order valence-electron chi connectivity index (χ3n) is 7.44. The summed E-state index contributed by atoms with van der Waals surface area (Å²) >= 11 is 0. The summed E-state index contributed by atoms with van der Waals surface area (Å²) in [5.41, 5.74) is 8.98. The molecule has 190 valence electrons. The van der Waals surface area contributed by atoms with Crippen molar-refractivity contribution >= 4 is 44.2 Å². The summed E-state index contributed by atoms with van der Waals surface area (Å²) in [7, 11) is 0. The Kier molecular flexibility index (Phi) is 5.27. The molecule has 39 heavy (non-hydrogen) atoms. The molecule has 4 aromatic carbocycles. The largest absolute Gasteiger partial charge is 0.355 e.